The predicted molar refractivity (Wildman–Crippen MR) is 55.7 cm³/mol. The Bertz CT molecular complexity index is 490. The van der Waals surface area contributed by atoms with Gasteiger partial charge in [-0.3, -0.25) is 0 Å². The van der Waals surface area contributed by atoms with Gasteiger partial charge in [0.2, 0.25) is 0 Å². The average molecular weight is 207 g/mol. The van der Waals surface area contributed by atoms with E-state index in [-0.39, 0.29) is 5.97 Å². The number of thiazole rings is 1. The molecule has 0 atom stereocenters. The highest BCUT2D eigenvalue weighted by Gasteiger charge is 2.12. The summed E-state index contributed by atoms with van der Waals surface area (Å²) < 4.78 is 5.70. The lowest BCUT2D eigenvalue weighted by Gasteiger charge is -1.98. The third kappa shape index (κ3) is 1.37. The summed E-state index contributed by atoms with van der Waals surface area (Å²) in [7, 11) is 1.38. The van der Waals surface area contributed by atoms with Crippen molar-refractivity contribution in [2.75, 3.05) is 7.11 Å². The van der Waals surface area contributed by atoms with Gasteiger partial charge in [-0.2, -0.15) is 0 Å². The average Bonchev–Trinajstić information content (AvgIpc) is 2.56. The van der Waals surface area contributed by atoms with Gasteiger partial charge in [-0.15, -0.1) is 11.3 Å². The fourth-order valence-corrected chi connectivity index (χ4v) is 2.19. The molecule has 1 aromatic carbocycles. The molecule has 0 amide bonds. The predicted octanol–water partition coefficient (Wildman–Crippen LogP) is 2.39. The third-order valence-electron chi connectivity index (χ3n) is 1.93. The molecule has 2 aromatic rings. The Labute approximate surface area is 85.3 Å². The van der Waals surface area contributed by atoms with Crippen LogP contribution >= 0.6 is 11.3 Å². The first-order valence-corrected chi connectivity index (χ1v) is 4.98. The van der Waals surface area contributed by atoms with Gasteiger partial charge in [0.15, 0.2) is 0 Å². The number of methoxy groups -OCH3 is 1. The first kappa shape index (κ1) is 9.15. The number of aromatic nitrogens is 1. The maximum Gasteiger partial charge on any atom is 0.340 e. The molecule has 0 spiro atoms. The summed E-state index contributed by atoms with van der Waals surface area (Å²) in [4.78, 5) is 15.7. The van der Waals surface area contributed by atoms with E-state index < -0.39 is 0 Å². The van der Waals surface area contributed by atoms with Crippen LogP contribution in [0.5, 0.6) is 0 Å². The summed E-state index contributed by atoms with van der Waals surface area (Å²) in [6.45, 7) is 1.92. The molecular formula is C10H9NO2S. The van der Waals surface area contributed by atoms with E-state index >= 15 is 0 Å². The first-order chi connectivity index (χ1) is 6.72. The minimum atomic E-state index is -0.332. The molecule has 0 N–H and O–H groups in total. The molecule has 0 saturated carbocycles. The molecule has 0 unspecified atom stereocenters. The molecule has 1 aromatic heterocycles. The molecule has 4 heteroatoms. The number of para-hydroxylation sites is 1. The van der Waals surface area contributed by atoms with E-state index in [1.807, 2.05) is 19.1 Å². The van der Waals surface area contributed by atoms with E-state index in [1.165, 1.54) is 7.11 Å². The number of fused-ring (bicyclic) bond motifs is 1. The van der Waals surface area contributed by atoms with Crippen LogP contribution in [0, 0.1) is 6.92 Å². The topological polar surface area (TPSA) is 39.2 Å². The van der Waals surface area contributed by atoms with Crippen molar-refractivity contribution in [3.05, 3.63) is 28.8 Å². The van der Waals surface area contributed by atoms with E-state index in [1.54, 1.807) is 17.4 Å². The minimum Gasteiger partial charge on any atom is -0.465 e. The molecule has 1 heterocycles. The van der Waals surface area contributed by atoms with Crippen LogP contribution in [0.25, 0.3) is 10.2 Å². The molecule has 0 saturated heterocycles. The van der Waals surface area contributed by atoms with Crippen molar-refractivity contribution < 1.29 is 9.53 Å². The molecule has 0 aliphatic carbocycles. The largest absolute Gasteiger partial charge is 0.465 e. The molecule has 0 aliphatic rings. The summed E-state index contributed by atoms with van der Waals surface area (Å²) in [5.41, 5.74) is 1.27. The van der Waals surface area contributed by atoms with Gasteiger partial charge in [0.05, 0.1) is 27.9 Å². The van der Waals surface area contributed by atoms with Crippen LogP contribution in [0.3, 0.4) is 0 Å². The van der Waals surface area contributed by atoms with Gasteiger partial charge in [-0.25, -0.2) is 9.78 Å². The summed E-state index contributed by atoms with van der Waals surface area (Å²) >= 11 is 1.58. The lowest BCUT2D eigenvalue weighted by Crippen LogP contribution is -2.01. The van der Waals surface area contributed by atoms with Crippen LogP contribution < -0.4 is 0 Å². The Morgan fingerprint density at radius 2 is 2.29 bits per heavy atom. The zero-order valence-electron chi connectivity index (χ0n) is 7.90. The zero-order chi connectivity index (χ0) is 10.1. The third-order valence-corrected chi connectivity index (χ3v) is 2.87. The summed E-state index contributed by atoms with van der Waals surface area (Å²) in [5, 5.41) is 0.955. The minimum absolute atomic E-state index is 0.332. The lowest BCUT2D eigenvalue weighted by molar-refractivity contribution is 0.0603. The summed E-state index contributed by atoms with van der Waals surface area (Å²) in [6.07, 6.45) is 0. The van der Waals surface area contributed by atoms with Gasteiger partial charge in [0.1, 0.15) is 0 Å². The number of rotatable bonds is 1. The normalized spacial score (nSPS) is 10.4. The second-order valence-corrected chi connectivity index (χ2v) is 4.11. The van der Waals surface area contributed by atoms with E-state index in [9.17, 15) is 4.79 Å². The smallest absolute Gasteiger partial charge is 0.340 e. The molecule has 3 nitrogen and oxygen atoms in total. The first-order valence-electron chi connectivity index (χ1n) is 4.17. The van der Waals surface area contributed by atoms with E-state index in [4.69, 9.17) is 0 Å². The second-order valence-electron chi connectivity index (χ2n) is 2.88. The van der Waals surface area contributed by atoms with E-state index in [0.717, 1.165) is 15.2 Å². The number of carbonyl (C=O) groups excluding carboxylic acids is 1. The van der Waals surface area contributed by atoms with Crippen LogP contribution in [0.4, 0.5) is 0 Å². The molecule has 0 bridgehead atoms. The van der Waals surface area contributed by atoms with Crippen LogP contribution in [-0.2, 0) is 4.74 Å². The Balaban J connectivity index is 2.70. The second kappa shape index (κ2) is 3.38. The lowest BCUT2D eigenvalue weighted by atomic mass is 10.2. The van der Waals surface area contributed by atoms with Crippen molar-refractivity contribution in [1.82, 2.24) is 4.98 Å². The molecule has 0 fully saturated rings. The van der Waals surface area contributed by atoms with E-state index in [0.29, 0.717) is 5.56 Å². The van der Waals surface area contributed by atoms with Crippen molar-refractivity contribution in [3.63, 3.8) is 0 Å². The number of hydrogen-bond donors (Lipinski definition) is 0. The monoisotopic (exact) mass is 207 g/mol. The molecule has 72 valence electrons. The summed E-state index contributed by atoms with van der Waals surface area (Å²) in [5.74, 6) is -0.332. The molecule has 14 heavy (non-hydrogen) atoms. The van der Waals surface area contributed by atoms with Crippen LogP contribution in [0.2, 0.25) is 0 Å². The van der Waals surface area contributed by atoms with Gasteiger partial charge in [0.25, 0.3) is 0 Å². The highest BCUT2D eigenvalue weighted by atomic mass is 32.1. The standard InChI is InChI=1S/C10H9NO2S/c1-6-11-9-7(10(12)13-2)4-3-5-8(9)14-6/h3-5H,1-2H3. The number of aryl methyl sites for hydroxylation is 1. The maximum absolute atomic E-state index is 11.4. The number of nitrogens with zero attached hydrogens (tertiary/aromatic N) is 1. The van der Waals surface area contributed by atoms with Crippen molar-refractivity contribution >= 4 is 27.5 Å². The fraction of sp³-hybridized carbons (Fsp3) is 0.200. The molecule has 0 aliphatic heterocycles. The molecule has 2 rings (SSSR count). The van der Waals surface area contributed by atoms with Gasteiger partial charge in [0, 0.05) is 0 Å². The quantitative estimate of drug-likeness (QED) is 0.674. The Morgan fingerprint density at radius 3 is 3.00 bits per heavy atom. The Morgan fingerprint density at radius 1 is 1.50 bits per heavy atom. The Hall–Kier alpha value is -1.42. The van der Waals surface area contributed by atoms with Crippen LogP contribution in [0.1, 0.15) is 15.4 Å². The van der Waals surface area contributed by atoms with Gasteiger partial charge in [-0.1, -0.05) is 6.07 Å². The van der Waals surface area contributed by atoms with Crippen molar-refractivity contribution in [2.24, 2.45) is 0 Å². The number of carbonyl (C=O) groups is 1. The van der Waals surface area contributed by atoms with Crippen molar-refractivity contribution in [3.8, 4) is 0 Å². The van der Waals surface area contributed by atoms with Gasteiger partial charge in [-0.05, 0) is 19.1 Å². The van der Waals surface area contributed by atoms with Gasteiger partial charge < -0.3 is 4.74 Å². The van der Waals surface area contributed by atoms with E-state index in [2.05, 4.69) is 9.72 Å². The van der Waals surface area contributed by atoms with Crippen LogP contribution in [0.15, 0.2) is 18.2 Å². The van der Waals surface area contributed by atoms with Gasteiger partial charge >= 0.3 is 5.97 Å². The fourth-order valence-electron chi connectivity index (χ4n) is 1.33. The maximum atomic E-state index is 11.4. The number of benzene rings is 1. The number of ether oxygens (including phenoxy) is 1. The SMILES string of the molecule is COC(=O)c1cccc2sc(C)nc12. The highest BCUT2D eigenvalue weighted by Crippen LogP contribution is 2.24. The molecule has 0 radical (unpaired) electrons. The Kier molecular flexibility index (Phi) is 2.21. The highest BCUT2D eigenvalue weighted by molar-refractivity contribution is 7.18. The van der Waals surface area contributed by atoms with Crippen molar-refractivity contribution in [2.45, 2.75) is 6.92 Å². The zero-order valence-corrected chi connectivity index (χ0v) is 8.72. The van der Waals surface area contributed by atoms with Crippen molar-refractivity contribution in [1.29, 1.82) is 0 Å². The van der Waals surface area contributed by atoms with Crippen LogP contribution in [-0.4, -0.2) is 18.1 Å². The molecular weight excluding hydrogens is 198 g/mol. The number of esters is 1. The number of hydrogen-bond acceptors (Lipinski definition) is 4. The summed E-state index contributed by atoms with van der Waals surface area (Å²) in [6, 6.07) is 5.52.